The van der Waals surface area contributed by atoms with Crippen LogP contribution in [-0.4, -0.2) is 72.6 Å². The van der Waals surface area contributed by atoms with E-state index in [-0.39, 0.29) is 0 Å². The lowest BCUT2D eigenvalue weighted by Crippen LogP contribution is -2.47. The first-order valence-corrected chi connectivity index (χ1v) is 8.33. The van der Waals surface area contributed by atoms with Crippen molar-refractivity contribution in [1.29, 1.82) is 0 Å². The second-order valence-electron chi connectivity index (χ2n) is 5.88. The Labute approximate surface area is 141 Å². The number of ether oxygens (including phenoxy) is 1. The molecule has 126 valence electrons. The van der Waals surface area contributed by atoms with E-state index in [0.717, 1.165) is 64.1 Å². The van der Waals surface area contributed by atoms with Gasteiger partial charge in [-0.25, -0.2) is 4.98 Å². The minimum atomic E-state index is 0.708. The molecule has 0 aliphatic carbocycles. The third kappa shape index (κ3) is 3.23. The Morgan fingerprint density at radius 1 is 0.833 bits per heavy atom. The maximum atomic E-state index is 5.39. The van der Waals surface area contributed by atoms with Crippen molar-refractivity contribution in [3.63, 3.8) is 0 Å². The molecule has 2 aliphatic rings. The lowest BCUT2D eigenvalue weighted by atomic mass is 10.3. The van der Waals surface area contributed by atoms with E-state index in [2.05, 4.69) is 29.9 Å². The molecule has 0 saturated carbocycles. The van der Waals surface area contributed by atoms with Crippen LogP contribution in [-0.2, 0) is 4.74 Å². The van der Waals surface area contributed by atoms with Gasteiger partial charge in [-0.2, -0.15) is 10.1 Å². The maximum Gasteiger partial charge on any atom is 0.247 e. The van der Waals surface area contributed by atoms with E-state index in [1.54, 1.807) is 6.20 Å². The molecular weight excluding hydrogens is 306 g/mol. The summed E-state index contributed by atoms with van der Waals surface area (Å²) in [6, 6.07) is 6.01. The number of pyridine rings is 1. The van der Waals surface area contributed by atoms with Gasteiger partial charge < -0.3 is 19.4 Å². The van der Waals surface area contributed by atoms with Gasteiger partial charge in [-0.15, -0.1) is 5.10 Å². The molecule has 0 N–H and O–H groups in total. The lowest BCUT2D eigenvalue weighted by Gasteiger charge is -2.35. The standard InChI is InChI=1S/C16H21N7O/c1-2-4-17-14(3-1)21-5-7-23(8-6-21)16-19-15(13-18-20-16)22-9-11-24-12-10-22/h1-4,13H,5-12H2. The summed E-state index contributed by atoms with van der Waals surface area (Å²) in [5.41, 5.74) is 0. The van der Waals surface area contributed by atoms with Crippen LogP contribution in [0, 0.1) is 0 Å². The molecule has 0 bridgehead atoms. The lowest BCUT2D eigenvalue weighted by molar-refractivity contribution is 0.122. The van der Waals surface area contributed by atoms with Crippen molar-refractivity contribution in [3.8, 4) is 0 Å². The van der Waals surface area contributed by atoms with E-state index in [1.807, 2.05) is 24.4 Å². The monoisotopic (exact) mass is 327 g/mol. The molecule has 0 amide bonds. The van der Waals surface area contributed by atoms with Crippen LogP contribution in [0.2, 0.25) is 0 Å². The van der Waals surface area contributed by atoms with Gasteiger partial charge in [0.15, 0.2) is 5.82 Å². The van der Waals surface area contributed by atoms with Gasteiger partial charge in [-0.3, -0.25) is 0 Å². The summed E-state index contributed by atoms with van der Waals surface area (Å²) >= 11 is 0. The molecule has 24 heavy (non-hydrogen) atoms. The number of aromatic nitrogens is 4. The highest BCUT2D eigenvalue weighted by Crippen LogP contribution is 2.18. The molecule has 4 heterocycles. The summed E-state index contributed by atoms with van der Waals surface area (Å²) in [5.74, 6) is 2.62. The van der Waals surface area contributed by atoms with Crippen LogP contribution in [0.15, 0.2) is 30.6 Å². The van der Waals surface area contributed by atoms with Crippen molar-refractivity contribution in [3.05, 3.63) is 30.6 Å². The average molecular weight is 327 g/mol. The Hall–Kier alpha value is -2.48. The van der Waals surface area contributed by atoms with Crippen molar-refractivity contribution < 1.29 is 4.74 Å². The van der Waals surface area contributed by atoms with E-state index in [0.29, 0.717) is 5.95 Å². The molecule has 0 spiro atoms. The molecular formula is C16H21N7O. The van der Waals surface area contributed by atoms with Crippen LogP contribution in [0.5, 0.6) is 0 Å². The van der Waals surface area contributed by atoms with Gasteiger partial charge in [-0.05, 0) is 12.1 Å². The van der Waals surface area contributed by atoms with Crippen molar-refractivity contribution >= 4 is 17.6 Å². The third-order valence-corrected chi connectivity index (χ3v) is 4.41. The normalized spacial score (nSPS) is 18.8. The molecule has 2 fully saturated rings. The highest BCUT2D eigenvalue weighted by molar-refractivity contribution is 5.45. The van der Waals surface area contributed by atoms with Crippen LogP contribution in [0.1, 0.15) is 0 Å². The van der Waals surface area contributed by atoms with Crippen LogP contribution in [0.3, 0.4) is 0 Å². The van der Waals surface area contributed by atoms with Crippen molar-refractivity contribution in [2.24, 2.45) is 0 Å². The first-order chi connectivity index (χ1) is 11.9. The van der Waals surface area contributed by atoms with Gasteiger partial charge in [0.1, 0.15) is 5.82 Å². The molecule has 0 aromatic carbocycles. The van der Waals surface area contributed by atoms with Crippen molar-refractivity contribution in [2.45, 2.75) is 0 Å². The molecule has 4 rings (SSSR count). The minimum absolute atomic E-state index is 0.708. The zero-order valence-electron chi connectivity index (χ0n) is 13.6. The Balaban J connectivity index is 1.42. The fourth-order valence-electron chi connectivity index (χ4n) is 3.04. The predicted molar refractivity (Wildman–Crippen MR) is 91.5 cm³/mol. The summed E-state index contributed by atoms with van der Waals surface area (Å²) in [7, 11) is 0. The SMILES string of the molecule is c1ccc(N2CCN(c3nncc(N4CCOCC4)n3)CC2)nc1. The number of hydrogen-bond acceptors (Lipinski definition) is 8. The van der Waals surface area contributed by atoms with Crippen LogP contribution < -0.4 is 14.7 Å². The number of hydrogen-bond donors (Lipinski definition) is 0. The van der Waals surface area contributed by atoms with E-state index >= 15 is 0 Å². The van der Waals surface area contributed by atoms with Gasteiger partial charge in [0.25, 0.3) is 0 Å². The Bertz CT molecular complexity index is 654. The smallest absolute Gasteiger partial charge is 0.247 e. The Morgan fingerprint density at radius 2 is 1.58 bits per heavy atom. The fraction of sp³-hybridized carbons (Fsp3) is 0.500. The first kappa shape index (κ1) is 15.1. The number of anilines is 3. The summed E-state index contributed by atoms with van der Waals surface area (Å²) in [6.07, 6.45) is 3.57. The van der Waals surface area contributed by atoms with Crippen LogP contribution in [0.25, 0.3) is 0 Å². The molecule has 2 aromatic rings. The molecule has 0 radical (unpaired) electrons. The zero-order chi connectivity index (χ0) is 16.2. The van der Waals surface area contributed by atoms with E-state index < -0.39 is 0 Å². The van der Waals surface area contributed by atoms with Gasteiger partial charge in [-0.1, -0.05) is 6.07 Å². The topological polar surface area (TPSA) is 70.5 Å². The minimum Gasteiger partial charge on any atom is -0.378 e. The molecule has 8 nitrogen and oxygen atoms in total. The van der Waals surface area contributed by atoms with E-state index in [4.69, 9.17) is 9.72 Å². The Kier molecular flexibility index (Phi) is 4.37. The Morgan fingerprint density at radius 3 is 2.33 bits per heavy atom. The molecule has 0 atom stereocenters. The maximum absolute atomic E-state index is 5.39. The first-order valence-electron chi connectivity index (χ1n) is 8.33. The van der Waals surface area contributed by atoms with Gasteiger partial charge in [0.05, 0.1) is 19.4 Å². The number of rotatable bonds is 3. The molecule has 2 aromatic heterocycles. The molecule has 8 heteroatoms. The van der Waals surface area contributed by atoms with Gasteiger partial charge in [0.2, 0.25) is 5.95 Å². The van der Waals surface area contributed by atoms with Crippen molar-refractivity contribution in [1.82, 2.24) is 20.2 Å². The fourth-order valence-corrected chi connectivity index (χ4v) is 3.04. The van der Waals surface area contributed by atoms with Crippen molar-refractivity contribution in [2.75, 3.05) is 67.2 Å². The predicted octanol–water partition coefficient (Wildman–Crippen LogP) is 0.430. The van der Waals surface area contributed by atoms with E-state index in [1.165, 1.54) is 0 Å². The second-order valence-corrected chi connectivity index (χ2v) is 5.88. The average Bonchev–Trinajstić information content (AvgIpc) is 2.70. The number of piperazine rings is 1. The number of morpholine rings is 1. The molecule has 2 aliphatic heterocycles. The highest BCUT2D eigenvalue weighted by Gasteiger charge is 2.21. The van der Waals surface area contributed by atoms with Crippen LogP contribution >= 0.6 is 0 Å². The highest BCUT2D eigenvalue weighted by atomic mass is 16.5. The quantitative estimate of drug-likeness (QED) is 0.804. The summed E-state index contributed by atoms with van der Waals surface area (Å²) in [5, 5.41) is 8.38. The number of nitrogens with zero attached hydrogens (tertiary/aromatic N) is 7. The van der Waals surface area contributed by atoms with Gasteiger partial charge in [0, 0.05) is 45.5 Å². The summed E-state index contributed by atoms with van der Waals surface area (Å²) in [6.45, 7) is 6.72. The van der Waals surface area contributed by atoms with Gasteiger partial charge >= 0.3 is 0 Å². The molecule has 0 unspecified atom stereocenters. The third-order valence-electron chi connectivity index (χ3n) is 4.41. The second kappa shape index (κ2) is 6.96. The van der Waals surface area contributed by atoms with Crippen LogP contribution in [0.4, 0.5) is 17.6 Å². The zero-order valence-corrected chi connectivity index (χ0v) is 13.6. The summed E-state index contributed by atoms with van der Waals surface area (Å²) in [4.78, 5) is 15.8. The van der Waals surface area contributed by atoms with E-state index in [9.17, 15) is 0 Å². The summed E-state index contributed by atoms with van der Waals surface area (Å²) < 4.78 is 5.39. The largest absolute Gasteiger partial charge is 0.378 e. The molecule has 2 saturated heterocycles.